The van der Waals surface area contributed by atoms with Crippen LogP contribution in [0.3, 0.4) is 0 Å². The Morgan fingerprint density at radius 3 is 3.00 bits per heavy atom. The van der Waals surface area contributed by atoms with Crippen LogP contribution >= 0.6 is 11.8 Å². The summed E-state index contributed by atoms with van der Waals surface area (Å²) in [5.41, 5.74) is 6.39. The van der Waals surface area contributed by atoms with Crippen molar-refractivity contribution in [3.63, 3.8) is 0 Å². The zero-order valence-corrected chi connectivity index (χ0v) is 15.8. The van der Waals surface area contributed by atoms with Gasteiger partial charge in [-0.05, 0) is 48.9 Å². The van der Waals surface area contributed by atoms with Crippen LogP contribution in [-0.2, 0) is 11.3 Å². The fourth-order valence-electron chi connectivity index (χ4n) is 2.49. The van der Waals surface area contributed by atoms with Gasteiger partial charge < -0.3 is 0 Å². The number of fused-ring (bicyclic) bond motifs is 1. The second kappa shape index (κ2) is 8.29. The lowest BCUT2D eigenvalue weighted by atomic mass is 10.1. The average molecular weight is 371 g/mol. The second-order valence-corrected chi connectivity index (χ2v) is 6.79. The molecular weight excluding hydrogens is 350 g/mol. The summed E-state index contributed by atoms with van der Waals surface area (Å²) < 4.78 is 1.73. The molecule has 0 spiro atoms. The number of aryl methyl sites for hydroxylation is 2. The van der Waals surface area contributed by atoms with E-state index < -0.39 is 0 Å². The summed E-state index contributed by atoms with van der Waals surface area (Å²) in [6.07, 6.45) is 6.10. The smallest absolute Gasteiger partial charge is 0.273 e. The molecule has 136 valence electrons. The van der Waals surface area contributed by atoms with E-state index in [0.717, 1.165) is 22.5 Å². The van der Waals surface area contributed by atoms with Crippen LogP contribution in [0.5, 0.6) is 0 Å². The van der Waals surface area contributed by atoms with E-state index in [1.807, 2.05) is 44.5 Å². The minimum Gasteiger partial charge on any atom is -0.273 e. The summed E-state index contributed by atoms with van der Waals surface area (Å²) in [6.45, 7) is 4.49. The van der Waals surface area contributed by atoms with E-state index in [1.54, 1.807) is 16.3 Å². The van der Waals surface area contributed by atoms with Crippen molar-refractivity contribution in [3.05, 3.63) is 47.3 Å². The number of nitrogens with one attached hydrogen (secondary N) is 1. The number of hydrogen-bond donors (Lipinski definition) is 1. The molecular formula is C18H21N5O2S. The van der Waals surface area contributed by atoms with Gasteiger partial charge in [0, 0.05) is 18.1 Å². The summed E-state index contributed by atoms with van der Waals surface area (Å²) in [6, 6.07) is 5.76. The molecule has 0 aliphatic heterocycles. The number of amides is 1. The molecule has 3 aromatic heterocycles. The minimum atomic E-state index is -0.307. The lowest BCUT2D eigenvalue weighted by Gasteiger charge is -2.08. The van der Waals surface area contributed by atoms with E-state index in [9.17, 15) is 4.79 Å². The molecule has 0 saturated carbocycles. The third kappa shape index (κ3) is 4.03. The summed E-state index contributed by atoms with van der Waals surface area (Å²) in [4.78, 5) is 26.3. The first-order valence-corrected chi connectivity index (χ1v) is 9.75. The Bertz CT molecular complexity index is 925. The quantitative estimate of drug-likeness (QED) is 0.508. The molecule has 0 atom stereocenters. The maximum Gasteiger partial charge on any atom is 0.276 e. The third-order valence-corrected chi connectivity index (χ3v) is 4.44. The molecule has 7 nitrogen and oxygen atoms in total. The van der Waals surface area contributed by atoms with Crippen molar-refractivity contribution in [2.24, 2.45) is 0 Å². The molecule has 3 heterocycles. The highest BCUT2D eigenvalue weighted by molar-refractivity contribution is 7.98. The number of hydroxylamine groups is 1. The SMILES string of the molecule is CCc1cc(C(=O)NOCCSC)cnc1-c1nc2cc(C)ccn2n1. The van der Waals surface area contributed by atoms with E-state index in [4.69, 9.17) is 4.84 Å². The molecule has 3 aromatic rings. The van der Waals surface area contributed by atoms with Crippen LogP contribution in [0.15, 0.2) is 30.6 Å². The topological polar surface area (TPSA) is 81.4 Å². The molecule has 26 heavy (non-hydrogen) atoms. The van der Waals surface area contributed by atoms with Crippen LogP contribution in [0.25, 0.3) is 17.2 Å². The molecule has 1 N–H and O–H groups in total. The number of carbonyl (C=O) groups is 1. The molecule has 3 rings (SSSR count). The van der Waals surface area contributed by atoms with Crippen LogP contribution in [0, 0.1) is 6.92 Å². The zero-order valence-electron chi connectivity index (χ0n) is 15.0. The van der Waals surface area contributed by atoms with Crippen molar-refractivity contribution in [3.8, 4) is 11.5 Å². The van der Waals surface area contributed by atoms with Gasteiger partial charge in [-0.1, -0.05) is 6.92 Å². The van der Waals surface area contributed by atoms with Crippen LogP contribution in [0.4, 0.5) is 0 Å². The molecule has 0 aromatic carbocycles. The third-order valence-electron chi connectivity index (χ3n) is 3.87. The number of hydrogen-bond acceptors (Lipinski definition) is 6. The Morgan fingerprint density at radius 2 is 2.23 bits per heavy atom. The molecule has 0 bridgehead atoms. The second-order valence-electron chi connectivity index (χ2n) is 5.80. The van der Waals surface area contributed by atoms with E-state index in [2.05, 4.69) is 20.5 Å². The highest BCUT2D eigenvalue weighted by atomic mass is 32.2. The summed E-state index contributed by atoms with van der Waals surface area (Å²) in [5.74, 6) is 1.06. The number of rotatable bonds is 7. The van der Waals surface area contributed by atoms with E-state index >= 15 is 0 Å². The van der Waals surface area contributed by atoms with Gasteiger partial charge in [-0.25, -0.2) is 15.0 Å². The molecule has 0 radical (unpaired) electrons. The number of carbonyl (C=O) groups excluding carboxylic acids is 1. The Hall–Kier alpha value is -2.45. The minimum absolute atomic E-state index is 0.307. The predicted molar refractivity (Wildman–Crippen MR) is 102 cm³/mol. The first kappa shape index (κ1) is 18.3. The number of pyridine rings is 2. The monoisotopic (exact) mass is 371 g/mol. The average Bonchev–Trinajstić information content (AvgIpc) is 3.07. The molecule has 0 saturated heterocycles. The maximum atomic E-state index is 12.2. The number of nitrogens with zero attached hydrogens (tertiary/aromatic N) is 4. The fourth-order valence-corrected chi connectivity index (χ4v) is 2.74. The van der Waals surface area contributed by atoms with Gasteiger partial charge in [0.05, 0.1) is 12.2 Å². The molecule has 8 heteroatoms. The van der Waals surface area contributed by atoms with Crippen molar-refractivity contribution in [2.75, 3.05) is 18.6 Å². The molecule has 0 unspecified atom stereocenters. The van der Waals surface area contributed by atoms with Crippen molar-refractivity contribution >= 4 is 23.3 Å². The van der Waals surface area contributed by atoms with Gasteiger partial charge in [-0.2, -0.15) is 11.8 Å². The Labute approximate surface area is 156 Å². The van der Waals surface area contributed by atoms with Crippen LogP contribution in [-0.4, -0.2) is 44.1 Å². The van der Waals surface area contributed by atoms with Crippen LogP contribution < -0.4 is 5.48 Å². The molecule has 1 amide bonds. The van der Waals surface area contributed by atoms with Crippen molar-refractivity contribution < 1.29 is 9.63 Å². The van der Waals surface area contributed by atoms with E-state index in [0.29, 0.717) is 30.1 Å². The van der Waals surface area contributed by atoms with Crippen LogP contribution in [0.2, 0.25) is 0 Å². The van der Waals surface area contributed by atoms with Gasteiger partial charge in [-0.3, -0.25) is 14.6 Å². The molecule has 0 aliphatic rings. The summed E-state index contributed by atoms with van der Waals surface area (Å²) in [7, 11) is 0. The Balaban J connectivity index is 1.85. The van der Waals surface area contributed by atoms with E-state index in [-0.39, 0.29) is 5.91 Å². The molecule has 0 fully saturated rings. The first-order chi connectivity index (χ1) is 12.6. The summed E-state index contributed by atoms with van der Waals surface area (Å²) >= 11 is 1.65. The van der Waals surface area contributed by atoms with Crippen molar-refractivity contribution in [1.82, 2.24) is 25.1 Å². The van der Waals surface area contributed by atoms with Crippen molar-refractivity contribution in [1.29, 1.82) is 0 Å². The predicted octanol–water partition coefficient (Wildman–Crippen LogP) is 2.69. The van der Waals surface area contributed by atoms with Gasteiger partial charge in [0.1, 0.15) is 5.69 Å². The van der Waals surface area contributed by atoms with Crippen molar-refractivity contribution in [2.45, 2.75) is 20.3 Å². The largest absolute Gasteiger partial charge is 0.276 e. The highest BCUT2D eigenvalue weighted by Crippen LogP contribution is 2.21. The Morgan fingerprint density at radius 1 is 1.38 bits per heavy atom. The zero-order chi connectivity index (χ0) is 18.5. The number of thioether (sulfide) groups is 1. The summed E-state index contributed by atoms with van der Waals surface area (Å²) in [5, 5.41) is 4.49. The lowest BCUT2D eigenvalue weighted by molar-refractivity contribution is 0.0374. The van der Waals surface area contributed by atoms with Gasteiger partial charge in [0.15, 0.2) is 5.65 Å². The maximum absolute atomic E-state index is 12.2. The fraction of sp³-hybridized carbons (Fsp3) is 0.333. The lowest BCUT2D eigenvalue weighted by Crippen LogP contribution is -2.25. The Kier molecular flexibility index (Phi) is 5.85. The number of aromatic nitrogens is 4. The van der Waals surface area contributed by atoms with Crippen LogP contribution in [0.1, 0.15) is 28.4 Å². The van der Waals surface area contributed by atoms with Gasteiger partial charge in [0.25, 0.3) is 5.91 Å². The normalized spacial score (nSPS) is 11.0. The molecule has 0 aliphatic carbocycles. The van der Waals surface area contributed by atoms with E-state index in [1.165, 1.54) is 6.20 Å². The van der Waals surface area contributed by atoms with Gasteiger partial charge >= 0.3 is 0 Å². The first-order valence-electron chi connectivity index (χ1n) is 8.35. The van der Waals surface area contributed by atoms with Gasteiger partial charge in [-0.15, -0.1) is 5.10 Å². The van der Waals surface area contributed by atoms with Gasteiger partial charge in [0.2, 0.25) is 5.82 Å². The standard InChI is InChI=1S/C18H21N5O2S/c1-4-13-10-14(18(24)22-25-7-8-26-3)11-19-16(13)17-20-15-9-12(2)5-6-23(15)21-17/h5-6,9-11H,4,7-8H2,1-3H3,(H,22,24). The highest BCUT2D eigenvalue weighted by Gasteiger charge is 2.15.